The second kappa shape index (κ2) is 10.3. The Labute approximate surface area is 285 Å². The van der Waals surface area contributed by atoms with Crippen molar-refractivity contribution >= 4 is 93.8 Å². The van der Waals surface area contributed by atoms with Gasteiger partial charge in [0.15, 0.2) is 0 Å². The van der Waals surface area contributed by atoms with Gasteiger partial charge in [0.05, 0.1) is 0 Å². The van der Waals surface area contributed by atoms with Crippen LogP contribution in [0.4, 0.5) is 17.1 Å². The van der Waals surface area contributed by atoms with E-state index in [4.69, 9.17) is 13.3 Å². The molecule has 0 amide bonds. The van der Waals surface area contributed by atoms with Gasteiger partial charge in [0.25, 0.3) is 0 Å². The summed E-state index contributed by atoms with van der Waals surface area (Å²) >= 11 is 0. The molecule has 0 saturated heterocycles. The average molecular weight is 643 g/mol. The highest BCUT2D eigenvalue weighted by Crippen LogP contribution is 2.42. The van der Waals surface area contributed by atoms with Gasteiger partial charge in [-0.1, -0.05) is 60.7 Å². The van der Waals surface area contributed by atoms with E-state index in [1.165, 1.54) is 0 Å². The summed E-state index contributed by atoms with van der Waals surface area (Å²) in [7, 11) is 0. The van der Waals surface area contributed by atoms with Gasteiger partial charge < -0.3 is 18.2 Å². The lowest BCUT2D eigenvalue weighted by atomic mass is 9.99. The second-order valence-corrected chi connectivity index (χ2v) is 12.8. The molecule has 0 spiro atoms. The fourth-order valence-corrected chi connectivity index (χ4v) is 7.53. The quantitative estimate of drug-likeness (QED) is 0.191. The molecule has 0 unspecified atom stereocenters. The number of anilines is 3. The van der Waals surface area contributed by atoms with E-state index >= 15 is 0 Å². The molecule has 0 atom stereocenters. The number of aromatic nitrogens is 1. The third kappa shape index (κ3) is 4.04. The summed E-state index contributed by atoms with van der Waals surface area (Å²) in [6.07, 6.45) is 1.77. The molecule has 11 aromatic rings. The first kappa shape index (κ1) is 27.1. The number of furan rings is 3. The zero-order valence-electron chi connectivity index (χ0n) is 26.6. The fourth-order valence-electron chi connectivity index (χ4n) is 7.53. The zero-order valence-corrected chi connectivity index (χ0v) is 26.6. The van der Waals surface area contributed by atoms with Gasteiger partial charge in [-0.3, -0.25) is 0 Å². The summed E-state index contributed by atoms with van der Waals surface area (Å²) in [6, 6.07) is 52.9. The van der Waals surface area contributed by atoms with Crippen LogP contribution < -0.4 is 4.90 Å². The molecule has 11 rings (SSSR count). The largest absolute Gasteiger partial charge is 0.456 e. The van der Waals surface area contributed by atoms with Crippen LogP contribution >= 0.6 is 0 Å². The van der Waals surface area contributed by atoms with Gasteiger partial charge in [-0.25, -0.2) is 4.98 Å². The molecule has 5 nitrogen and oxygen atoms in total. The Kier molecular flexibility index (Phi) is 5.60. The minimum absolute atomic E-state index is 0.666. The molecular formula is C45H26N2O3. The summed E-state index contributed by atoms with van der Waals surface area (Å²) in [4.78, 5) is 6.71. The molecule has 234 valence electrons. The highest BCUT2D eigenvalue weighted by atomic mass is 16.3. The molecular weight excluding hydrogens is 617 g/mol. The van der Waals surface area contributed by atoms with Crippen LogP contribution in [0.1, 0.15) is 0 Å². The minimum atomic E-state index is 0.666. The molecule has 4 heterocycles. The Morgan fingerprint density at radius 2 is 1.00 bits per heavy atom. The Morgan fingerprint density at radius 3 is 1.86 bits per heavy atom. The van der Waals surface area contributed by atoms with Crippen LogP contribution in [0.5, 0.6) is 0 Å². The SMILES string of the molecule is c1ccc2c(c1)oc1cc(N(c3ccc(-c4ccc5c(ccc6c7cccnc7oc56)c4)cc3)c3ccc4oc5ccccc5c4c3)ccc12. The van der Waals surface area contributed by atoms with E-state index in [-0.39, 0.29) is 0 Å². The van der Waals surface area contributed by atoms with Gasteiger partial charge in [0.1, 0.15) is 27.9 Å². The summed E-state index contributed by atoms with van der Waals surface area (Å²) in [5.41, 5.74) is 10.4. The Balaban J connectivity index is 1.04. The molecule has 0 aliphatic rings. The van der Waals surface area contributed by atoms with Crippen molar-refractivity contribution in [1.82, 2.24) is 4.98 Å². The van der Waals surface area contributed by atoms with Gasteiger partial charge in [-0.05, 0) is 101 Å². The number of nitrogens with zero attached hydrogens (tertiary/aromatic N) is 2. The Morgan fingerprint density at radius 1 is 0.380 bits per heavy atom. The number of hydrogen-bond donors (Lipinski definition) is 0. The summed E-state index contributed by atoms with van der Waals surface area (Å²) in [6.45, 7) is 0. The molecule has 50 heavy (non-hydrogen) atoms. The van der Waals surface area contributed by atoms with E-state index in [1.54, 1.807) is 6.20 Å². The van der Waals surface area contributed by atoms with Gasteiger partial charge in [-0.15, -0.1) is 0 Å². The zero-order chi connectivity index (χ0) is 32.8. The Bertz CT molecular complexity index is 3110. The van der Waals surface area contributed by atoms with E-state index in [1.807, 2.05) is 30.3 Å². The second-order valence-electron chi connectivity index (χ2n) is 12.8. The highest BCUT2D eigenvalue weighted by molar-refractivity contribution is 6.15. The van der Waals surface area contributed by atoms with Crippen molar-refractivity contribution < 1.29 is 13.3 Å². The summed E-state index contributed by atoms with van der Waals surface area (Å²) < 4.78 is 18.7. The molecule has 0 N–H and O–H groups in total. The summed E-state index contributed by atoms with van der Waals surface area (Å²) in [5, 5.41) is 8.71. The molecule has 7 aromatic carbocycles. The maximum Gasteiger partial charge on any atom is 0.227 e. The van der Waals surface area contributed by atoms with Crippen molar-refractivity contribution in [1.29, 1.82) is 0 Å². The molecule has 0 aliphatic carbocycles. The predicted octanol–water partition coefficient (Wildman–Crippen LogP) is 13.1. The first-order chi connectivity index (χ1) is 24.7. The number of rotatable bonds is 4. The van der Waals surface area contributed by atoms with E-state index in [9.17, 15) is 0 Å². The first-order valence-corrected chi connectivity index (χ1v) is 16.7. The highest BCUT2D eigenvalue weighted by Gasteiger charge is 2.18. The van der Waals surface area contributed by atoms with Crippen molar-refractivity contribution in [2.45, 2.75) is 0 Å². The maximum atomic E-state index is 6.33. The smallest absolute Gasteiger partial charge is 0.227 e. The van der Waals surface area contributed by atoms with Crippen LogP contribution in [0.25, 0.3) is 87.8 Å². The minimum Gasteiger partial charge on any atom is -0.456 e. The predicted molar refractivity (Wildman–Crippen MR) is 204 cm³/mol. The molecule has 5 heteroatoms. The van der Waals surface area contributed by atoms with Gasteiger partial charge >= 0.3 is 0 Å². The number of fused-ring (bicyclic) bond motifs is 11. The molecule has 4 aromatic heterocycles. The van der Waals surface area contributed by atoms with Crippen LogP contribution in [-0.2, 0) is 0 Å². The van der Waals surface area contributed by atoms with Gasteiger partial charge in [0.2, 0.25) is 5.71 Å². The summed E-state index contributed by atoms with van der Waals surface area (Å²) in [5.74, 6) is 0. The number of para-hydroxylation sites is 2. The van der Waals surface area contributed by atoms with E-state index in [2.05, 4.69) is 131 Å². The van der Waals surface area contributed by atoms with E-state index in [0.717, 1.165) is 99.2 Å². The van der Waals surface area contributed by atoms with Crippen molar-refractivity contribution in [3.63, 3.8) is 0 Å². The lowest BCUT2D eigenvalue weighted by Gasteiger charge is -2.25. The molecule has 0 aliphatic heterocycles. The lowest BCUT2D eigenvalue weighted by Crippen LogP contribution is -2.09. The van der Waals surface area contributed by atoms with Crippen LogP contribution in [0, 0.1) is 0 Å². The van der Waals surface area contributed by atoms with Crippen molar-refractivity contribution in [3.05, 3.63) is 158 Å². The van der Waals surface area contributed by atoms with Crippen molar-refractivity contribution in [3.8, 4) is 11.1 Å². The number of pyridine rings is 1. The van der Waals surface area contributed by atoms with Crippen LogP contribution in [0.15, 0.2) is 171 Å². The van der Waals surface area contributed by atoms with Gasteiger partial charge in [0, 0.05) is 67.0 Å². The van der Waals surface area contributed by atoms with E-state index < -0.39 is 0 Å². The average Bonchev–Trinajstić information content (AvgIpc) is 3.86. The molecule has 0 fully saturated rings. The van der Waals surface area contributed by atoms with Crippen LogP contribution in [0.3, 0.4) is 0 Å². The van der Waals surface area contributed by atoms with Crippen LogP contribution in [0.2, 0.25) is 0 Å². The molecule has 0 saturated carbocycles. The monoisotopic (exact) mass is 642 g/mol. The maximum absolute atomic E-state index is 6.33. The standard InChI is InChI=1S/C45H26N2O3/c1-3-9-40-34(6-1)36-21-17-32(26-43(36)49-40)47(31-18-22-42-39(25-31)35-7-2-4-10-41(35)48-42)30-15-11-27(12-16-30)28-13-19-33-29(24-28)14-20-37-38-8-5-23-46-45(38)50-44(33)37/h1-26H. The van der Waals surface area contributed by atoms with E-state index in [0.29, 0.717) is 5.71 Å². The van der Waals surface area contributed by atoms with Crippen molar-refractivity contribution in [2.24, 2.45) is 0 Å². The fraction of sp³-hybridized carbons (Fsp3) is 0. The third-order valence-corrected chi connectivity index (χ3v) is 9.93. The van der Waals surface area contributed by atoms with Crippen molar-refractivity contribution in [2.75, 3.05) is 4.90 Å². The normalized spacial score (nSPS) is 12.0. The topological polar surface area (TPSA) is 55.6 Å². The van der Waals surface area contributed by atoms with Gasteiger partial charge in [-0.2, -0.15) is 0 Å². The van der Waals surface area contributed by atoms with Crippen LogP contribution in [-0.4, -0.2) is 4.98 Å². The molecule has 0 radical (unpaired) electrons. The molecule has 0 bridgehead atoms. The third-order valence-electron chi connectivity index (χ3n) is 9.93. The number of hydrogen-bond acceptors (Lipinski definition) is 5. The first-order valence-electron chi connectivity index (χ1n) is 16.7. The number of benzene rings is 7. The Hall–Kier alpha value is -6.85. The lowest BCUT2D eigenvalue weighted by molar-refractivity contribution is 0.657.